The van der Waals surface area contributed by atoms with Crippen molar-refractivity contribution in [1.82, 2.24) is 5.23 Å². The van der Waals surface area contributed by atoms with Crippen LogP contribution in [-0.2, 0) is 4.79 Å². The first kappa shape index (κ1) is 7.53. The topological polar surface area (TPSA) is 29.1 Å². The van der Waals surface area contributed by atoms with E-state index in [4.69, 9.17) is 7.98 Å². The Kier molecular flexibility index (Phi) is 2.07. The highest BCUT2D eigenvalue weighted by Crippen LogP contribution is 2.11. The van der Waals surface area contributed by atoms with Crippen LogP contribution in [0.3, 0.4) is 0 Å². The van der Waals surface area contributed by atoms with Crippen LogP contribution in [0.2, 0.25) is 0 Å². The van der Waals surface area contributed by atoms with Crippen LogP contribution < -0.4 is 5.23 Å². The van der Waals surface area contributed by atoms with Gasteiger partial charge in [-0.15, -0.1) is 0 Å². The lowest BCUT2D eigenvalue weighted by Crippen LogP contribution is -2.32. The number of rotatable bonds is 0. The molecule has 0 spiro atoms. The van der Waals surface area contributed by atoms with E-state index < -0.39 is 0 Å². The fourth-order valence-corrected chi connectivity index (χ4v) is 0.217. The zero-order chi connectivity index (χ0) is 6.78. The second-order valence-electron chi connectivity index (χ2n) is 2.72. The molecule has 44 valence electrons. The largest absolute Gasteiger partial charge is 0.409 e. The first-order chi connectivity index (χ1) is 3.48. The standard InChI is InChI=1S/C5H10BNO/c1-5(2,3)4(8)7-6/h1-3H3,(H,7,8). The zero-order valence-electron chi connectivity index (χ0n) is 5.49. The van der Waals surface area contributed by atoms with E-state index >= 15 is 0 Å². The predicted octanol–water partition coefficient (Wildman–Crippen LogP) is 0.232. The smallest absolute Gasteiger partial charge is 0.226 e. The molecule has 0 rings (SSSR count). The maximum atomic E-state index is 10.6. The average molecular weight is 111 g/mol. The molecule has 0 heterocycles. The molecular formula is C5H10BNO. The first-order valence-electron chi connectivity index (χ1n) is 2.49. The van der Waals surface area contributed by atoms with E-state index in [1.165, 1.54) is 0 Å². The summed E-state index contributed by atoms with van der Waals surface area (Å²) in [5.41, 5.74) is -0.366. The fraction of sp³-hybridized carbons (Fsp3) is 0.800. The number of carbonyl (C=O) groups excluding carboxylic acids is 1. The Morgan fingerprint density at radius 2 is 1.88 bits per heavy atom. The summed E-state index contributed by atoms with van der Waals surface area (Å²) in [6.45, 7) is 5.40. The number of amides is 1. The van der Waals surface area contributed by atoms with Crippen LogP contribution in [0.15, 0.2) is 0 Å². The van der Waals surface area contributed by atoms with Gasteiger partial charge in [0, 0.05) is 5.41 Å². The molecule has 0 aliphatic carbocycles. The van der Waals surface area contributed by atoms with Crippen molar-refractivity contribution in [3.05, 3.63) is 0 Å². The van der Waals surface area contributed by atoms with Gasteiger partial charge in [-0.1, -0.05) is 20.8 Å². The molecule has 2 radical (unpaired) electrons. The SMILES string of the molecule is [B]NC(=O)C(C)(C)C. The van der Waals surface area contributed by atoms with Gasteiger partial charge in [0.1, 0.15) is 0 Å². The monoisotopic (exact) mass is 111 g/mol. The van der Waals surface area contributed by atoms with Gasteiger partial charge in [0.2, 0.25) is 13.9 Å². The summed E-state index contributed by atoms with van der Waals surface area (Å²) in [4.78, 5) is 10.6. The van der Waals surface area contributed by atoms with Gasteiger partial charge in [-0.3, -0.25) is 4.79 Å². The molecule has 0 aromatic rings. The van der Waals surface area contributed by atoms with Crippen molar-refractivity contribution in [2.24, 2.45) is 5.41 Å². The molecular weight excluding hydrogens is 101 g/mol. The number of hydrogen-bond donors (Lipinski definition) is 1. The summed E-state index contributed by atoms with van der Waals surface area (Å²) in [5.74, 6) is -0.141. The van der Waals surface area contributed by atoms with Gasteiger partial charge < -0.3 is 5.23 Å². The van der Waals surface area contributed by atoms with Crippen LogP contribution in [0.25, 0.3) is 0 Å². The van der Waals surface area contributed by atoms with E-state index in [0.29, 0.717) is 0 Å². The third kappa shape index (κ3) is 2.00. The van der Waals surface area contributed by atoms with Crippen LogP contribution in [-0.4, -0.2) is 13.9 Å². The average Bonchev–Trinajstić information content (AvgIpc) is 1.62. The van der Waals surface area contributed by atoms with Crippen molar-refractivity contribution in [3.8, 4) is 0 Å². The van der Waals surface area contributed by atoms with E-state index in [2.05, 4.69) is 5.23 Å². The molecule has 8 heavy (non-hydrogen) atoms. The Bertz CT molecular complexity index is 95.1. The van der Waals surface area contributed by atoms with Crippen LogP contribution in [0.5, 0.6) is 0 Å². The van der Waals surface area contributed by atoms with Gasteiger partial charge in [-0.05, 0) is 0 Å². The van der Waals surface area contributed by atoms with E-state index in [1.54, 1.807) is 20.8 Å². The van der Waals surface area contributed by atoms with E-state index in [9.17, 15) is 4.79 Å². The van der Waals surface area contributed by atoms with Crippen molar-refractivity contribution in [2.45, 2.75) is 20.8 Å². The lowest BCUT2D eigenvalue weighted by Gasteiger charge is -2.14. The molecule has 0 aromatic carbocycles. The second-order valence-corrected chi connectivity index (χ2v) is 2.72. The quantitative estimate of drug-likeness (QED) is 0.445. The lowest BCUT2D eigenvalue weighted by atomic mass is 9.95. The Balaban J connectivity index is 3.82. The molecule has 0 aliphatic heterocycles. The van der Waals surface area contributed by atoms with E-state index in [-0.39, 0.29) is 11.3 Å². The molecule has 0 bridgehead atoms. The third-order valence-electron chi connectivity index (χ3n) is 0.812. The van der Waals surface area contributed by atoms with Gasteiger partial charge in [0.25, 0.3) is 0 Å². The minimum absolute atomic E-state index is 0.141. The highest BCUT2D eigenvalue weighted by Gasteiger charge is 2.18. The van der Waals surface area contributed by atoms with Crippen molar-refractivity contribution in [1.29, 1.82) is 0 Å². The molecule has 3 heteroatoms. The predicted molar refractivity (Wildman–Crippen MR) is 33.4 cm³/mol. The van der Waals surface area contributed by atoms with Crippen molar-refractivity contribution < 1.29 is 4.79 Å². The molecule has 2 nitrogen and oxygen atoms in total. The number of nitrogens with one attached hydrogen (secondary N) is 1. The molecule has 1 amide bonds. The van der Waals surface area contributed by atoms with Crippen LogP contribution >= 0.6 is 0 Å². The molecule has 0 saturated heterocycles. The van der Waals surface area contributed by atoms with Gasteiger partial charge in [0.05, 0.1) is 0 Å². The third-order valence-corrected chi connectivity index (χ3v) is 0.812. The minimum atomic E-state index is -0.366. The van der Waals surface area contributed by atoms with E-state index in [1.807, 2.05) is 0 Å². The highest BCUT2D eigenvalue weighted by atomic mass is 16.1. The van der Waals surface area contributed by atoms with Crippen molar-refractivity contribution >= 4 is 13.9 Å². The Morgan fingerprint density at radius 1 is 1.50 bits per heavy atom. The molecule has 0 aliphatic rings. The van der Waals surface area contributed by atoms with Gasteiger partial charge in [-0.25, -0.2) is 0 Å². The molecule has 0 fully saturated rings. The summed E-state index contributed by atoms with van der Waals surface area (Å²) < 4.78 is 0. The molecule has 0 atom stereocenters. The molecule has 0 saturated carbocycles. The van der Waals surface area contributed by atoms with Gasteiger partial charge in [-0.2, -0.15) is 0 Å². The number of carbonyl (C=O) groups is 1. The summed E-state index contributed by atoms with van der Waals surface area (Å²) in [5, 5.41) is 2.07. The Labute approximate surface area is 51.1 Å². The van der Waals surface area contributed by atoms with Crippen LogP contribution in [0, 0.1) is 5.41 Å². The maximum absolute atomic E-state index is 10.6. The first-order valence-corrected chi connectivity index (χ1v) is 2.49. The van der Waals surface area contributed by atoms with Crippen LogP contribution in [0.4, 0.5) is 0 Å². The summed E-state index contributed by atoms with van der Waals surface area (Å²) in [7, 11) is 4.86. The van der Waals surface area contributed by atoms with E-state index in [0.717, 1.165) is 0 Å². The Morgan fingerprint density at radius 3 is 1.88 bits per heavy atom. The minimum Gasteiger partial charge on any atom is -0.409 e. The van der Waals surface area contributed by atoms with Crippen molar-refractivity contribution in [2.75, 3.05) is 0 Å². The fourth-order valence-electron chi connectivity index (χ4n) is 0.217. The number of hydrogen-bond acceptors (Lipinski definition) is 1. The van der Waals surface area contributed by atoms with Crippen LogP contribution in [0.1, 0.15) is 20.8 Å². The lowest BCUT2D eigenvalue weighted by molar-refractivity contribution is -0.126. The van der Waals surface area contributed by atoms with Gasteiger partial charge in [0.15, 0.2) is 0 Å². The summed E-state index contributed by atoms with van der Waals surface area (Å²) >= 11 is 0. The molecule has 1 N–H and O–H groups in total. The molecule has 0 aromatic heterocycles. The Hall–Kier alpha value is -0.465. The second kappa shape index (κ2) is 2.20. The summed E-state index contributed by atoms with van der Waals surface area (Å²) in [6.07, 6.45) is 0. The normalized spacial score (nSPS) is 10.9. The maximum Gasteiger partial charge on any atom is 0.226 e. The molecule has 0 unspecified atom stereocenters. The van der Waals surface area contributed by atoms with Crippen molar-refractivity contribution in [3.63, 3.8) is 0 Å². The zero-order valence-corrected chi connectivity index (χ0v) is 5.49. The van der Waals surface area contributed by atoms with Gasteiger partial charge >= 0.3 is 0 Å². The highest BCUT2D eigenvalue weighted by molar-refractivity contribution is 6.15. The summed E-state index contributed by atoms with van der Waals surface area (Å²) in [6, 6.07) is 0.